The number of carbonyl (C=O) groups excluding carboxylic acids is 1. The quantitative estimate of drug-likeness (QED) is 0.824. The van der Waals surface area contributed by atoms with Crippen molar-refractivity contribution in [2.45, 2.75) is 17.6 Å². The van der Waals surface area contributed by atoms with E-state index in [0.717, 1.165) is 0 Å². The summed E-state index contributed by atoms with van der Waals surface area (Å²) >= 11 is 0.328. The summed E-state index contributed by atoms with van der Waals surface area (Å²) in [5.74, 6) is -3.10. The number of ether oxygens (including phenoxy) is 1. The van der Waals surface area contributed by atoms with Gasteiger partial charge in [0.1, 0.15) is 0 Å². The second-order valence-electron chi connectivity index (χ2n) is 4.02. The number of halogens is 2. The van der Waals surface area contributed by atoms with Crippen molar-refractivity contribution in [1.82, 2.24) is 9.97 Å². The van der Waals surface area contributed by atoms with Crippen molar-refractivity contribution in [2.75, 3.05) is 11.9 Å². The van der Waals surface area contributed by atoms with Crippen LogP contribution >= 0.6 is 11.8 Å². The number of nitrogens with zero attached hydrogens (tertiary/aromatic N) is 2. The molecular weight excluding hydrogens is 312 g/mol. The molecule has 0 atom stereocenters. The highest BCUT2D eigenvalue weighted by Gasteiger charge is 2.15. The number of thioether (sulfide) groups is 1. The van der Waals surface area contributed by atoms with Crippen LogP contribution in [-0.4, -0.2) is 28.2 Å². The van der Waals surface area contributed by atoms with E-state index in [2.05, 4.69) is 15.3 Å². The minimum Gasteiger partial charge on any atom is -0.464 e. The molecule has 0 fully saturated rings. The summed E-state index contributed by atoms with van der Waals surface area (Å²) in [5.41, 5.74) is 0.520. The average Bonchev–Trinajstić information content (AvgIpc) is 2.49. The van der Waals surface area contributed by atoms with Crippen LogP contribution in [0.3, 0.4) is 0 Å². The van der Waals surface area contributed by atoms with Gasteiger partial charge in [-0.2, -0.15) is 8.78 Å². The Morgan fingerprint density at radius 2 is 2.00 bits per heavy atom. The number of rotatable bonds is 6. The Morgan fingerprint density at radius 3 is 2.64 bits per heavy atom. The molecule has 22 heavy (non-hydrogen) atoms. The van der Waals surface area contributed by atoms with Crippen LogP contribution in [-0.2, 0) is 0 Å². The molecule has 0 aliphatic carbocycles. The first kappa shape index (κ1) is 16.2. The molecule has 1 N–H and O–H groups in total. The summed E-state index contributed by atoms with van der Waals surface area (Å²) in [7, 11) is 0. The zero-order valence-electron chi connectivity index (χ0n) is 11.6. The molecule has 0 saturated carbocycles. The van der Waals surface area contributed by atoms with Crippen LogP contribution in [0.1, 0.15) is 17.3 Å². The number of alkyl halides is 2. The summed E-state index contributed by atoms with van der Waals surface area (Å²) in [6.07, 6.45) is 2.78. The summed E-state index contributed by atoms with van der Waals surface area (Å²) < 4.78 is 30.1. The number of amides is 1. The van der Waals surface area contributed by atoms with Gasteiger partial charge in [0.25, 0.3) is 11.7 Å². The molecule has 1 heterocycles. The Balaban J connectivity index is 2.12. The third-order valence-corrected chi connectivity index (χ3v) is 3.30. The summed E-state index contributed by atoms with van der Waals surface area (Å²) in [5, 5.41) is 2.56. The van der Waals surface area contributed by atoms with Crippen LogP contribution in [0.25, 0.3) is 0 Å². The van der Waals surface area contributed by atoms with Crippen LogP contribution in [0.5, 0.6) is 6.01 Å². The molecule has 1 aromatic heterocycles. The summed E-state index contributed by atoms with van der Waals surface area (Å²) in [6.45, 7) is 2.24. The standard InChI is InChI=1S/C14H13F2N3O2S/c1-2-21-14-17-7-9(8-18-14)19-12(20)10-5-3-4-6-11(10)22-13(15)16/h3-8,13H,2H2,1H3,(H,19,20). The maximum Gasteiger partial charge on any atom is 0.316 e. The predicted octanol–water partition coefficient (Wildman–Crippen LogP) is 3.44. The van der Waals surface area contributed by atoms with Crippen molar-refractivity contribution < 1.29 is 18.3 Å². The molecule has 2 rings (SSSR count). The molecule has 5 nitrogen and oxygen atoms in total. The molecule has 8 heteroatoms. The van der Waals surface area contributed by atoms with Crippen LogP contribution < -0.4 is 10.1 Å². The van der Waals surface area contributed by atoms with Crippen molar-refractivity contribution >= 4 is 23.4 Å². The Morgan fingerprint density at radius 1 is 1.32 bits per heavy atom. The van der Waals surface area contributed by atoms with E-state index in [1.165, 1.54) is 24.5 Å². The van der Waals surface area contributed by atoms with E-state index in [1.54, 1.807) is 19.1 Å². The van der Waals surface area contributed by atoms with Gasteiger partial charge >= 0.3 is 6.01 Å². The number of nitrogens with one attached hydrogen (secondary N) is 1. The molecule has 0 unspecified atom stereocenters. The SMILES string of the molecule is CCOc1ncc(NC(=O)c2ccccc2SC(F)F)cn1. The van der Waals surface area contributed by atoms with Gasteiger partial charge in [0, 0.05) is 4.90 Å². The lowest BCUT2D eigenvalue weighted by Gasteiger charge is -2.09. The first-order valence-corrected chi connectivity index (χ1v) is 7.28. The van der Waals surface area contributed by atoms with Gasteiger partial charge in [-0.05, 0) is 19.1 Å². The molecular formula is C14H13F2N3O2S. The Hall–Kier alpha value is -2.22. The first-order valence-electron chi connectivity index (χ1n) is 6.40. The van der Waals surface area contributed by atoms with Gasteiger partial charge in [-0.3, -0.25) is 4.79 Å². The van der Waals surface area contributed by atoms with E-state index >= 15 is 0 Å². The number of carbonyl (C=O) groups is 1. The summed E-state index contributed by atoms with van der Waals surface area (Å²) in [6, 6.07) is 6.37. The number of hydrogen-bond donors (Lipinski definition) is 1. The number of anilines is 1. The topological polar surface area (TPSA) is 64.1 Å². The third-order valence-electron chi connectivity index (χ3n) is 2.51. The minimum atomic E-state index is -2.59. The Bertz CT molecular complexity index is 638. The van der Waals surface area contributed by atoms with Crippen molar-refractivity contribution in [3.05, 3.63) is 42.2 Å². The zero-order chi connectivity index (χ0) is 15.9. The van der Waals surface area contributed by atoms with Crippen LogP contribution in [0.4, 0.5) is 14.5 Å². The van der Waals surface area contributed by atoms with Crippen molar-refractivity contribution in [2.24, 2.45) is 0 Å². The number of aromatic nitrogens is 2. The largest absolute Gasteiger partial charge is 0.464 e. The maximum absolute atomic E-state index is 12.5. The highest BCUT2D eigenvalue weighted by Crippen LogP contribution is 2.28. The molecule has 116 valence electrons. The van der Waals surface area contributed by atoms with Gasteiger partial charge in [-0.25, -0.2) is 9.97 Å². The van der Waals surface area contributed by atoms with Gasteiger partial charge in [-0.1, -0.05) is 23.9 Å². The van der Waals surface area contributed by atoms with Crippen molar-refractivity contribution in [3.8, 4) is 6.01 Å². The van der Waals surface area contributed by atoms with Crippen LogP contribution in [0.15, 0.2) is 41.6 Å². The maximum atomic E-state index is 12.5. The number of benzene rings is 1. The molecule has 2 aromatic rings. The third kappa shape index (κ3) is 4.39. The van der Waals surface area contributed by atoms with E-state index in [4.69, 9.17) is 4.74 Å². The zero-order valence-corrected chi connectivity index (χ0v) is 12.4. The summed E-state index contributed by atoms with van der Waals surface area (Å²) in [4.78, 5) is 20.2. The minimum absolute atomic E-state index is 0.168. The fraction of sp³-hybridized carbons (Fsp3) is 0.214. The van der Waals surface area contributed by atoms with E-state index in [9.17, 15) is 13.6 Å². The fourth-order valence-electron chi connectivity index (χ4n) is 1.64. The molecule has 0 spiro atoms. The predicted molar refractivity (Wildman–Crippen MR) is 79.5 cm³/mol. The van der Waals surface area contributed by atoms with Gasteiger partial charge in [0.05, 0.1) is 30.3 Å². The number of hydrogen-bond acceptors (Lipinski definition) is 5. The second-order valence-corrected chi connectivity index (χ2v) is 5.05. The lowest BCUT2D eigenvalue weighted by atomic mass is 10.2. The Kier molecular flexibility index (Phi) is 5.65. The molecule has 0 aliphatic heterocycles. The van der Waals surface area contributed by atoms with Gasteiger partial charge in [-0.15, -0.1) is 0 Å². The van der Waals surface area contributed by atoms with Gasteiger partial charge < -0.3 is 10.1 Å². The van der Waals surface area contributed by atoms with Crippen LogP contribution in [0.2, 0.25) is 0 Å². The van der Waals surface area contributed by atoms with E-state index in [0.29, 0.717) is 24.1 Å². The van der Waals surface area contributed by atoms with Gasteiger partial charge in [0.15, 0.2) is 0 Å². The van der Waals surface area contributed by atoms with E-state index in [1.807, 2.05) is 0 Å². The van der Waals surface area contributed by atoms with Gasteiger partial charge in [0.2, 0.25) is 0 Å². The molecule has 0 saturated heterocycles. The molecule has 0 bridgehead atoms. The first-order chi connectivity index (χ1) is 10.6. The Labute approximate surface area is 130 Å². The van der Waals surface area contributed by atoms with Crippen LogP contribution in [0, 0.1) is 0 Å². The second kappa shape index (κ2) is 7.69. The highest BCUT2D eigenvalue weighted by atomic mass is 32.2. The monoisotopic (exact) mass is 325 g/mol. The highest BCUT2D eigenvalue weighted by molar-refractivity contribution is 7.99. The lowest BCUT2D eigenvalue weighted by Crippen LogP contribution is -2.13. The average molecular weight is 325 g/mol. The van der Waals surface area contributed by atoms with Crippen molar-refractivity contribution in [1.29, 1.82) is 0 Å². The molecule has 1 aromatic carbocycles. The molecule has 1 amide bonds. The smallest absolute Gasteiger partial charge is 0.316 e. The van der Waals surface area contributed by atoms with E-state index < -0.39 is 11.7 Å². The van der Waals surface area contributed by atoms with E-state index in [-0.39, 0.29) is 16.5 Å². The molecule has 0 aliphatic rings. The fourth-order valence-corrected chi connectivity index (χ4v) is 2.27. The molecule has 0 radical (unpaired) electrons. The lowest BCUT2D eigenvalue weighted by molar-refractivity contribution is 0.102. The normalized spacial score (nSPS) is 10.5. The van der Waals surface area contributed by atoms with Crippen molar-refractivity contribution in [3.63, 3.8) is 0 Å².